The molecule has 4 atom stereocenters. The number of aromatic hydroxyl groups is 1. The molecule has 25 heavy (non-hydrogen) atoms. The molecule has 1 N–H and O–H groups in total. The third kappa shape index (κ3) is 2.38. The number of methoxy groups -OCH3 is 1. The first kappa shape index (κ1) is 17.1. The van der Waals surface area contributed by atoms with E-state index in [-0.39, 0.29) is 11.4 Å². The Balaban J connectivity index is 1.77. The lowest BCUT2D eigenvalue weighted by atomic mass is 9.44. The molecule has 0 spiro atoms. The Labute approximate surface area is 151 Å². The molecule has 3 nitrogen and oxygen atoms in total. The van der Waals surface area contributed by atoms with Gasteiger partial charge >= 0.3 is 0 Å². The number of phenolic OH excluding ortho intramolecular Hbond substituents is 1. The van der Waals surface area contributed by atoms with Gasteiger partial charge in [-0.3, -0.25) is 0 Å². The molecule has 4 rings (SSSR count). The van der Waals surface area contributed by atoms with Crippen LogP contribution in [0, 0.1) is 22.7 Å². The van der Waals surface area contributed by atoms with E-state index in [9.17, 15) is 5.11 Å². The highest BCUT2D eigenvalue weighted by Gasteiger charge is 2.60. The molecule has 1 aliphatic heterocycles. The van der Waals surface area contributed by atoms with E-state index >= 15 is 0 Å². The van der Waals surface area contributed by atoms with Crippen molar-refractivity contribution in [3.8, 4) is 17.2 Å². The number of phenols is 1. The van der Waals surface area contributed by atoms with Crippen LogP contribution in [0.25, 0.3) is 0 Å². The second-order valence-corrected chi connectivity index (χ2v) is 9.74. The molecular formula is C22H32O3. The minimum atomic E-state index is -0.117. The highest BCUT2D eigenvalue weighted by Crippen LogP contribution is 2.64. The van der Waals surface area contributed by atoms with Crippen LogP contribution >= 0.6 is 0 Å². The fourth-order valence-electron chi connectivity index (χ4n) is 6.66. The van der Waals surface area contributed by atoms with E-state index in [2.05, 4.69) is 27.7 Å². The van der Waals surface area contributed by atoms with E-state index in [4.69, 9.17) is 9.47 Å². The summed E-state index contributed by atoms with van der Waals surface area (Å²) >= 11 is 0. The van der Waals surface area contributed by atoms with Gasteiger partial charge in [0.2, 0.25) is 0 Å². The van der Waals surface area contributed by atoms with Crippen LogP contribution in [0.4, 0.5) is 0 Å². The van der Waals surface area contributed by atoms with Crippen LogP contribution in [0.2, 0.25) is 0 Å². The van der Waals surface area contributed by atoms with Gasteiger partial charge in [0.15, 0.2) is 11.5 Å². The fraction of sp³-hybridized carbons (Fsp3) is 0.727. The standard InChI is InChI=1S/C22H32O3/c1-20(2)8-6-9-21(3)18(20)7-10-22(4)19(21)12-14-11-15(23)17(24-5)13-16(14)25-22/h11,13,18-19,23H,6-10,12H2,1-5H3/t18-,19+,21-,22+/m0/s1. The van der Waals surface area contributed by atoms with Gasteiger partial charge in [0.25, 0.3) is 0 Å². The first-order valence-electron chi connectivity index (χ1n) is 9.78. The Morgan fingerprint density at radius 2 is 1.84 bits per heavy atom. The molecule has 1 aromatic rings. The molecule has 2 aliphatic carbocycles. The van der Waals surface area contributed by atoms with Crippen LogP contribution in [0.15, 0.2) is 12.1 Å². The number of hydrogen-bond acceptors (Lipinski definition) is 3. The molecule has 1 heterocycles. The Morgan fingerprint density at radius 3 is 2.56 bits per heavy atom. The van der Waals surface area contributed by atoms with Gasteiger partial charge < -0.3 is 14.6 Å². The maximum Gasteiger partial charge on any atom is 0.164 e. The summed E-state index contributed by atoms with van der Waals surface area (Å²) in [5, 5.41) is 10.2. The quantitative estimate of drug-likeness (QED) is 0.747. The largest absolute Gasteiger partial charge is 0.504 e. The van der Waals surface area contributed by atoms with E-state index in [0.29, 0.717) is 22.5 Å². The number of benzene rings is 1. The third-order valence-electron chi connectivity index (χ3n) is 7.87. The van der Waals surface area contributed by atoms with Gasteiger partial charge in [0.05, 0.1) is 7.11 Å². The number of hydrogen-bond donors (Lipinski definition) is 1. The zero-order valence-corrected chi connectivity index (χ0v) is 16.3. The first-order chi connectivity index (χ1) is 11.7. The van der Waals surface area contributed by atoms with Gasteiger partial charge in [0, 0.05) is 12.0 Å². The van der Waals surface area contributed by atoms with Gasteiger partial charge in [-0.2, -0.15) is 0 Å². The summed E-state index contributed by atoms with van der Waals surface area (Å²) in [5.41, 5.74) is 1.73. The summed E-state index contributed by atoms with van der Waals surface area (Å²) in [6, 6.07) is 3.72. The SMILES string of the molecule is COc1cc2c(cc1O)C[C@@H]1[C@@]3(C)CCCC(C)(C)[C@@H]3CC[C@@]1(C)O2. The van der Waals surface area contributed by atoms with Gasteiger partial charge in [0.1, 0.15) is 11.4 Å². The Hall–Kier alpha value is -1.38. The van der Waals surface area contributed by atoms with E-state index in [1.54, 1.807) is 7.11 Å². The molecule has 3 heteroatoms. The summed E-state index contributed by atoms with van der Waals surface area (Å²) in [7, 11) is 1.59. The maximum atomic E-state index is 10.2. The van der Waals surface area contributed by atoms with Gasteiger partial charge in [-0.1, -0.05) is 27.2 Å². The molecule has 3 aliphatic rings. The van der Waals surface area contributed by atoms with Crippen molar-refractivity contribution in [1.29, 1.82) is 0 Å². The molecule has 2 fully saturated rings. The third-order valence-corrected chi connectivity index (χ3v) is 7.87. The van der Waals surface area contributed by atoms with E-state index in [0.717, 1.165) is 30.1 Å². The number of ether oxygens (including phenoxy) is 2. The minimum absolute atomic E-state index is 0.117. The van der Waals surface area contributed by atoms with Crippen molar-refractivity contribution in [3.63, 3.8) is 0 Å². The zero-order chi connectivity index (χ0) is 18.0. The van der Waals surface area contributed by atoms with Crippen molar-refractivity contribution in [3.05, 3.63) is 17.7 Å². The Morgan fingerprint density at radius 1 is 1.08 bits per heavy atom. The van der Waals surface area contributed by atoms with E-state index in [1.165, 1.54) is 25.7 Å². The van der Waals surface area contributed by atoms with Gasteiger partial charge in [-0.05, 0) is 67.4 Å². The highest BCUT2D eigenvalue weighted by atomic mass is 16.5. The molecule has 2 saturated carbocycles. The second kappa shape index (κ2) is 5.31. The fourth-order valence-corrected chi connectivity index (χ4v) is 6.66. The lowest BCUT2D eigenvalue weighted by Crippen LogP contribution is -2.61. The molecule has 0 aromatic heterocycles. The smallest absolute Gasteiger partial charge is 0.164 e. The van der Waals surface area contributed by atoms with Crippen LogP contribution in [-0.4, -0.2) is 17.8 Å². The monoisotopic (exact) mass is 344 g/mol. The molecular weight excluding hydrogens is 312 g/mol. The van der Waals surface area contributed by atoms with Crippen molar-refractivity contribution in [2.75, 3.05) is 7.11 Å². The van der Waals surface area contributed by atoms with Crippen molar-refractivity contribution >= 4 is 0 Å². The molecule has 0 amide bonds. The maximum absolute atomic E-state index is 10.2. The van der Waals surface area contributed by atoms with Gasteiger partial charge in [-0.15, -0.1) is 0 Å². The lowest BCUT2D eigenvalue weighted by molar-refractivity contribution is -0.162. The summed E-state index contributed by atoms with van der Waals surface area (Å²) in [5.74, 6) is 2.86. The molecule has 0 saturated heterocycles. The average molecular weight is 344 g/mol. The van der Waals surface area contributed by atoms with Gasteiger partial charge in [-0.25, -0.2) is 0 Å². The average Bonchev–Trinajstić information content (AvgIpc) is 2.52. The first-order valence-corrected chi connectivity index (χ1v) is 9.78. The van der Waals surface area contributed by atoms with E-state index in [1.807, 2.05) is 12.1 Å². The summed E-state index contributed by atoms with van der Waals surface area (Å²) in [4.78, 5) is 0. The van der Waals surface area contributed by atoms with Crippen LogP contribution in [0.3, 0.4) is 0 Å². The van der Waals surface area contributed by atoms with Crippen LogP contribution in [-0.2, 0) is 6.42 Å². The summed E-state index contributed by atoms with van der Waals surface area (Å²) < 4.78 is 11.9. The predicted octanol–water partition coefficient (Wildman–Crippen LogP) is 5.34. The number of fused-ring (bicyclic) bond motifs is 4. The van der Waals surface area contributed by atoms with Crippen molar-refractivity contribution in [2.24, 2.45) is 22.7 Å². The van der Waals surface area contributed by atoms with Crippen molar-refractivity contribution in [2.45, 2.75) is 71.8 Å². The molecule has 138 valence electrons. The van der Waals surface area contributed by atoms with Crippen molar-refractivity contribution < 1.29 is 14.6 Å². The van der Waals surface area contributed by atoms with E-state index < -0.39 is 0 Å². The Bertz CT molecular complexity index is 695. The van der Waals surface area contributed by atoms with Crippen LogP contribution in [0.1, 0.15) is 65.4 Å². The molecule has 0 unspecified atom stereocenters. The summed E-state index contributed by atoms with van der Waals surface area (Å²) in [6.45, 7) is 9.75. The summed E-state index contributed by atoms with van der Waals surface area (Å²) in [6.07, 6.45) is 7.30. The molecule has 0 radical (unpaired) electrons. The molecule has 1 aromatic carbocycles. The normalized spacial score (nSPS) is 38.8. The van der Waals surface area contributed by atoms with Crippen LogP contribution < -0.4 is 9.47 Å². The second-order valence-electron chi connectivity index (χ2n) is 9.74. The van der Waals surface area contributed by atoms with Crippen LogP contribution in [0.5, 0.6) is 17.2 Å². The minimum Gasteiger partial charge on any atom is -0.504 e. The predicted molar refractivity (Wildman–Crippen MR) is 99.3 cm³/mol. The zero-order valence-electron chi connectivity index (χ0n) is 16.3. The topological polar surface area (TPSA) is 38.7 Å². The number of rotatable bonds is 1. The Kier molecular flexibility index (Phi) is 3.62. The highest BCUT2D eigenvalue weighted by molar-refractivity contribution is 5.51. The molecule has 0 bridgehead atoms. The van der Waals surface area contributed by atoms with Crippen molar-refractivity contribution in [1.82, 2.24) is 0 Å². The lowest BCUT2D eigenvalue weighted by Gasteiger charge is -2.63.